The number of nitrogens with two attached hydrogens (primary N) is 1. The number of rotatable bonds is 8. The summed E-state index contributed by atoms with van der Waals surface area (Å²) in [5.41, 5.74) is 0. The molecule has 1 aliphatic carbocycles. The summed E-state index contributed by atoms with van der Waals surface area (Å²) in [6.45, 7) is 12.1. The van der Waals surface area contributed by atoms with Crippen molar-refractivity contribution in [2.24, 2.45) is 5.92 Å². The summed E-state index contributed by atoms with van der Waals surface area (Å²) >= 11 is 6.37. The zero-order valence-corrected chi connectivity index (χ0v) is 15.7. The summed E-state index contributed by atoms with van der Waals surface area (Å²) in [6, 6.07) is 2.16. The molecule has 1 saturated heterocycles. The Bertz CT molecular complexity index is 309. The number of alkyl halides is 1. The third-order valence-electron chi connectivity index (χ3n) is 6.02. The Hall–Kier alpha value is 0.170. The molecule has 1 aliphatic heterocycles. The van der Waals surface area contributed by atoms with E-state index in [2.05, 4.69) is 31.4 Å². The maximum Gasteiger partial charge on any atom is 0.0916 e. The quantitative estimate of drug-likeness (QED) is 0.564. The lowest BCUT2D eigenvalue weighted by Gasteiger charge is -2.42. The van der Waals surface area contributed by atoms with E-state index in [4.69, 9.17) is 11.6 Å². The summed E-state index contributed by atoms with van der Waals surface area (Å²) in [5, 5.41) is 6.95. The van der Waals surface area contributed by atoms with E-state index < -0.39 is 0 Å². The molecule has 0 aromatic carbocycles. The number of nitrogens with one attached hydrogen (secondary N) is 2. The first-order valence-corrected chi connectivity index (χ1v) is 10.1. The van der Waals surface area contributed by atoms with Gasteiger partial charge in [-0.2, -0.15) is 0 Å². The zero-order valence-electron chi connectivity index (χ0n) is 14.9. The lowest BCUT2D eigenvalue weighted by Crippen LogP contribution is -3.11. The van der Waals surface area contributed by atoms with Gasteiger partial charge in [-0.3, -0.25) is 0 Å². The highest BCUT2D eigenvalue weighted by Crippen LogP contribution is 2.31. The van der Waals surface area contributed by atoms with Crippen LogP contribution in [-0.2, 0) is 0 Å². The molecule has 4 unspecified atom stereocenters. The summed E-state index contributed by atoms with van der Waals surface area (Å²) in [4.78, 5) is 1.74. The Kier molecular flexibility index (Phi) is 7.96. The SMILES string of the molecule is CC[NH+](CC)CCC[C@@H](C)NC1CC[NH2+]C2CC(Cl)CCC12. The van der Waals surface area contributed by atoms with Gasteiger partial charge < -0.3 is 15.5 Å². The molecule has 0 aromatic rings. The number of quaternary nitrogens is 2. The Morgan fingerprint density at radius 3 is 2.73 bits per heavy atom. The molecule has 2 rings (SSSR count). The van der Waals surface area contributed by atoms with Crippen molar-refractivity contribution in [2.75, 3.05) is 26.2 Å². The molecular weight excluding hydrogens is 294 g/mol. The van der Waals surface area contributed by atoms with Crippen LogP contribution in [0, 0.1) is 5.92 Å². The highest BCUT2D eigenvalue weighted by molar-refractivity contribution is 6.20. The summed E-state index contributed by atoms with van der Waals surface area (Å²) in [5.74, 6) is 0.847. The first kappa shape index (κ1) is 18.5. The van der Waals surface area contributed by atoms with Crippen molar-refractivity contribution in [3.8, 4) is 0 Å². The van der Waals surface area contributed by atoms with Gasteiger partial charge >= 0.3 is 0 Å². The molecular formula is C18H38ClN3+2. The predicted octanol–water partition coefficient (Wildman–Crippen LogP) is 0.781. The smallest absolute Gasteiger partial charge is 0.0916 e. The molecule has 2 fully saturated rings. The molecule has 0 radical (unpaired) electrons. The molecule has 1 saturated carbocycles. The second-order valence-electron chi connectivity index (χ2n) is 7.57. The van der Waals surface area contributed by atoms with Crippen LogP contribution in [0.3, 0.4) is 0 Å². The van der Waals surface area contributed by atoms with Crippen LogP contribution in [0.5, 0.6) is 0 Å². The normalized spacial score (nSPS) is 33.7. The molecule has 0 amide bonds. The van der Waals surface area contributed by atoms with Crippen molar-refractivity contribution >= 4 is 11.6 Å². The van der Waals surface area contributed by atoms with E-state index >= 15 is 0 Å². The van der Waals surface area contributed by atoms with Crippen LogP contribution in [0.2, 0.25) is 0 Å². The number of piperidine rings is 1. The van der Waals surface area contributed by atoms with Crippen molar-refractivity contribution in [1.82, 2.24) is 5.32 Å². The van der Waals surface area contributed by atoms with Crippen molar-refractivity contribution in [3.63, 3.8) is 0 Å². The van der Waals surface area contributed by atoms with Gasteiger partial charge in [-0.1, -0.05) is 0 Å². The summed E-state index contributed by atoms with van der Waals surface area (Å²) < 4.78 is 0. The van der Waals surface area contributed by atoms with E-state index in [0.29, 0.717) is 11.4 Å². The number of hydrogen-bond donors (Lipinski definition) is 3. The molecule has 4 N–H and O–H groups in total. The Morgan fingerprint density at radius 1 is 1.23 bits per heavy atom. The van der Waals surface area contributed by atoms with Gasteiger partial charge in [0.25, 0.3) is 0 Å². The van der Waals surface area contributed by atoms with Crippen molar-refractivity contribution in [1.29, 1.82) is 0 Å². The minimum Gasteiger partial charge on any atom is -0.343 e. The maximum absolute atomic E-state index is 6.37. The lowest BCUT2D eigenvalue weighted by atomic mass is 9.76. The van der Waals surface area contributed by atoms with Gasteiger partial charge in [0.15, 0.2) is 0 Å². The van der Waals surface area contributed by atoms with E-state index in [1.54, 1.807) is 4.90 Å². The average molecular weight is 332 g/mol. The molecule has 1 heterocycles. The van der Waals surface area contributed by atoms with Gasteiger partial charge in [-0.05, 0) is 46.5 Å². The van der Waals surface area contributed by atoms with Gasteiger partial charge in [0, 0.05) is 36.2 Å². The van der Waals surface area contributed by atoms with Crippen LogP contribution < -0.4 is 15.5 Å². The summed E-state index contributed by atoms with van der Waals surface area (Å²) in [7, 11) is 0. The van der Waals surface area contributed by atoms with Crippen molar-refractivity contribution in [2.45, 2.75) is 82.8 Å². The summed E-state index contributed by atoms with van der Waals surface area (Å²) in [6.07, 6.45) is 7.75. The Morgan fingerprint density at radius 2 is 2.00 bits per heavy atom. The molecule has 22 heavy (non-hydrogen) atoms. The van der Waals surface area contributed by atoms with Crippen LogP contribution in [0.1, 0.15) is 59.3 Å². The fourth-order valence-electron chi connectivity index (χ4n) is 4.57. The lowest BCUT2D eigenvalue weighted by molar-refractivity contribution is -0.896. The first-order chi connectivity index (χ1) is 10.6. The molecule has 5 atom stereocenters. The van der Waals surface area contributed by atoms with Crippen molar-refractivity contribution < 1.29 is 10.2 Å². The van der Waals surface area contributed by atoms with Crippen molar-refractivity contribution in [3.05, 3.63) is 0 Å². The minimum atomic E-state index is 0.422. The van der Waals surface area contributed by atoms with Crippen LogP contribution in [-0.4, -0.2) is 49.7 Å². The largest absolute Gasteiger partial charge is 0.343 e. The predicted molar refractivity (Wildman–Crippen MR) is 94.7 cm³/mol. The third-order valence-corrected chi connectivity index (χ3v) is 6.42. The average Bonchev–Trinajstić information content (AvgIpc) is 2.51. The van der Waals surface area contributed by atoms with Gasteiger partial charge in [0.1, 0.15) is 0 Å². The standard InChI is InChI=1S/C18H36ClN3/c1-4-22(5-2)12-6-7-14(3)21-17-10-11-20-18-13-15(19)8-9-16(17)18/h14-18,20-21H,4-13H2,1-3H3/p+2/t14-,15?,16?,17?,18?/m1/s1. The van der Waals surface area contributed by atoms with Crippen LogP contribution in [0.25, 0.3) is 0 Å². The van der Waals surface area contributed by atoms with Gasteiger partial charge in [0.2, 0.25) is 0 Å². The fraction of sp³-hybridized carbons (Fsp3) is 1.00. The molecule has 130 valence electrons. The first-order valence-electron chi connectivity index (χ1n) is 9.71. The van der Waals surface area contributed by atoms with Gasteiger partial charge in [-0.15, -0.1) is 11.6 Å². The van der Waals surface area contributed by atoms with Crippen LogP contribution in [0.4, 0.5) is 0 Å². The number of fused-ring (bicyclic) bond motifs is 1. The molecule has 2 aliphatic rings. The molecule has 0 bridgehead atoms. The van der Waals surface area contributed by atoms with E-state index in [9.17, 15) is 0 Å². The van der Waals surface area contributed by atoms with E-state index in [-0.39, 0.29) is 0 Å². The zero-order chi connectivity index (χ0) is 15.9. The van der Waals surface area contributed by atoms with Gasteiger partial charge in [0.05, 0.1) is 32.2 Å². The molecule has 0 spiro atoms. The second kappa shape index (κ2) is 9.46. The van der Waals surface area contributed by atoms with E-state index in [1.807, 2.05) is 0 Å². The maximum atomic E-state index is 6.37. The van der Waals surface area contributed by atoms with E-state index in [0.717, 1.165) is 18.0 Å². The topological polar surface area (TPSA) is 33.1 Å². The molecule has 0 aromatic heterocycles. The Balaban J connectivity index is 1.72. The van der Waals surface area contributed by atoms with Gasteiger partial charge in [-0.25, -0.2) is 0 Å². The highest BCUT2D eigenvalue weighted by Gasteiger charge is 2.40. The molecule has 4 heteroatoms. The Labute approximate surface area is 142 Å². The second-order valence-corrected chi connectivity index (χ2v) is 8.19. The minimum absolute atomic E-state index is 0.422. The van der Waals surface area contributed by atoms with E-state index in [1.165, 1.54) is 64.7 Å². The van der Waals surface area contributed by atoms with Crippen LogP contribution in [0.15, 0.2) is 0 Å². The molecule has 3 nitrogen and oxygen atoms in total. The monoisotopic (exact) mass is 331 g/mol. The fourth-order valence-corrected chi connectivity index (χ4v) is 4.90. The number of halogens is 1. The number of hydrogen-bond acceptors (Lipinski definition) is 1. The highest BCUT2D eigenvalue weighted by atomic mass is 35.5. The third kappa shape index (κ3) is 5.36. The van der Waals surface area contributed by atoms with Crippen LogP contribution >= 0.6 is 11.6 Å².